The second-order valence-electron chi connectivity index (χ2n) is 4.53. The molecule has 1 aromatic rings. The van der Waals surface area contributed by atoms with Crippen molar-refractivity contribution in [2.75, 3.05) is 5.33 Å². The number of cyclic esters (lactones) is 1. The predicted octanol–water partition coefficient (Wildman–Crippen LogP) is 3.90. The van der Waals surface area contributed by atoms with Crippen molar-refractivity contribution in [2.24, 2.45) is 0 Å². The fraction of sp³-hybridized carbons (Fsp3) is 0.462. The highest BCUT2D eigenvalue weighted by molar-refractivity contribution is 9.09. The third-order valence-corrected chi connectivity index (χ3v) is 4.01. The molecule has 7 heteroatoms. The lowest BCUT2D eigenvalue weighted by Crippen LogP contribution is -2.37. The Morgan fingerprint density at radius 1 is 1.30 bits per heavy atom. The number of benzene rings is 1. The molecule has 1 aliphatic heterocycles. The van der Waals surface area contributed by atoms with Crippen LogP contribution in [0.1, 0.15) is 24.8 Å². The second-order valence-corrected chi connectivity index (χ2v) is 5.09. The molecule has 1 aliphatic rings. The van der Waals surface area contributed by atoms with E-state index < -0.39 is 12.0 Å². The third kappa shape index (κ3) is 3.45. The van der Waals surface area contributed by atoms with E-state index in [-0.39, 0.29) is 11.7 Å². The van der Waals surface area contributed by atoms with Gasteiger partial charge in [0.2, 0.25) is 0 Å². The molecular weight excluding hydrogens is 341 g/mol. The Labute approximate surface area is 122 Å². The molecule has 1 fully saturated rings. The summed E-state index contributed by atoms with van der Waals surface area (Å²) in [5.41, 5.74) is -0.163. The van der Waals surface area contributed by atoms with Crippen LogP contribution in [0.4, 0.5) is 13.2 Å². The van der Waals surface area contributed by atoms with Crippen molar-refractivity contribution in [3.63, 3.8) is 0 Å². The lowest BCUT2D eigenvalue weighted by Gasteiger charge is -2.35. The zero-order valence-electron chi connectivity index (χ0n) is 10.4. The summed E-state index contributed by atoms with van der Waals surface area (Å²) >= 11 is 3.31. The summed E-state index contributed by atoms with van der Waals surface area (Å²) in [6.07, 6.45) is -3.04. The minimum absolute atomic E-state index is 0.298. The quantitative estimate of drug-likeness (QED) is 0.611. The number of hydrogen-bond acceptors (Lipinski definition) is 3. The summed E-state index contributed by atoms with van der Waals surface area (Å²) in [7, 11) is 0. The van der Waals surface area contributed by atoms with Crippen LogP contribution in [-0.2, 0) is 15.1 Å². The normalized spacial score (nSPS) is 23.3. The van der Waals surface area contributed by atoms with Gasteiger partial charge in [-0.1, -0.05) is 28.1 Å². The minimum Gasteiger partial charge on any atom is -0.453 e. The lowest BCUT2D eigenvalue weighted by atomic mass is 9.88. The first-order chi connectivity index (χ1) is 9.35. The molecule has 0 aliphatic carbocycles. The van der Waals surface area contributed by atoms with Crippen molar-refractivity contribution >= 4 is 21.9 Å². The van der Waals surface area contributed by atoms with Crippen molar-refractivity contribution in [3.8, 4) is 5.75 Å². The number of rotatable bonds is 3. The van der Waals surface area contributed by atoms with E-state index in [9.17, 15) is 18.0 Å². The van der Waals surface area contributed by atoms with Crippen LogP contribution in [0.2, 0.25) is 0 Å². The van der Waals surface area contributed by atoms with Gasteiger partial charge in [0.1, 0.15) is 11.4 Å². The topological polar surface area (TPSA) is 35.5 Å². The van der Waals surface area contributed by atoms with E-state index in [1.54, 1.807) is 0 Å². The zero-order valence-corrected chi connectivity index (χ0v) is 12.0. The highest BCUT2D eigenvalue weighted by Gasteiger charge is 2.38. The van der Waals surface area contributed by atoms with E-state index in [1.807, 2.05) is 0 Å². The van der Waals surface area contributed by atoms with Gasteiger partial charge < -0.3 is 9.47 Å². The minimum atomic E-state index is -4.72. The highest BCUT2D eigenvalue weighted by Crippen LogP contribution is 2.38. The molecule has 20 heavy (non-hydrogen) atoms. The summed E-state index contributed by atoms with van der Waals surface area (Å²) in [6, 6.07) is 5.41. The molecule has 1 saturated heterocycles. The number of hydrogen-bond donors (Lipinski definition) is 0. The molecule has 1 atom stereocenters. The van der Waals surface area contributed by atoms with Crippen LogP contribution in [0.5, 0.6) is 5.75 Å². The monoisotopic (exact) mass is 352 g/mol. The SMILES string of the molecule is O=C1CCC[C@@](CBr)(c2ccc(OC(F)(F)F)cc2)O1. The first kappa shape index (κ1) is 15.2. The summed E-state index contributed by atoms with van der Waals surface area (Å²) < 4.78 is 45.5. The number of carbonyl (C=O) groups excluding carboxylic acids is 1. The van der Waals surface area contributed by atoms with Crippen LogP contribution >= 0.6 is 15.9 Å². The molecule has 0 bridgehead atoms. The van der Waals surface area contributed by atoms with Crippen molar-refractivity contribution in [1.82, 2.24) is 0 Å². The van der Waals surface area contributed by atoms with Gasteiger partial charge in [0.15, 0.2) is 0 Å². The zero-order chi connectivity index (χ0) is 14.8. The van der Waals surface area contributed by atoms with E-state index in [0.29, 0.717) is 30.2 Å². The molecule has 1 heterocycles. The molecule has 110 valence electrons. The molecule has 0 unspecified atom stereocenters. The molecular formula is C13H12BrF3O3. The molecule has 3 nitrogen and oxygen atoms in total. The third-order valence-electron chi connectivity index (χ3n) is 3.10. The van der Waals surface area contributed by atoms with Crippen molar-refractivity contribution in [1.29, 1.82) is 0 Å². The largest absolute Gasteiger partial charge is 0.573 e. The fourth-order valence-corrected chi connectivity index (χ4v) is 2.89. The maximum atomic E-state index is 12.1. The molecule has 0 spiro atoms. The number of esters is 1. The molecule has 0 amide bonds. The predicted molar refractivity (Wildman–Crippen MR) is 68.5 cm³/mol. The van der Waals surface area contributed by atoms with Gasteiger partial charge in [-0.15, -0.1) is 13.2 Å². The molecule has 0 aromatic heterocycles. The number of ether oxygens (including phenoxy) is 2. The highest BCUT2D eigenvalue weighted by atomic mass is 79.9. The summed E-state index contributed by atoms with van der Waals surface area (Å²) in [6.45, 7) is 0. The van der Waals surface area contributed by atoms with Crippen LogP contribution in [-0.4, -0.2) is 17.7 Å². The summed E-state index contributed by atoms with van der Waals surface area (Å²) in [5, 5.41) is 0.394. The Balaban J connectivity index is 2.21. The summed E-state index contributed by atoms with van der Waals surface area (Å²) in [4.78, 5) is 11.4. The van der Waals surface area contributed by atoms with E-state index in [2.05, 4.69) is 20.7 Å². The van der Waals surface area contributed by atoms with E-state index >= 15 is 0 Å². The smallest absolute Gasteiger partial charge is 0.453 e. The Hall–Kier alpha value is -1.24. The van der Waals surface area contributed by atoms with Gasteiger partial charge in [-0.05, 0) is 30.5 Å². The molecule has 2 rings (SSSR count). The first-order valence-corrected chi connectivity index (χ1v) is 7.11. The van der Waals surface area contributed by atoms with Crippen molar-refractivity contribution < 1.29 is 27.4 Å². The fourth-order valence-electron chi connectivity index (χ4n) is 2.17. The van der Waals surface area contributed by atoms with Gasteiger partial charge in [0.25, 0.3) is 0 Å². The Bertz CT molecular complexity index is 487. The van der Waals surface area contributed by atoms with Crippen LogP contribution in [0.3, 0.4) is 0 Å². The summed E-state index contributed by atoms with van der Waals surface area (Å²) in [5.74, 6) is -0.598. The van der Waals surface area contributed by atoms with Crippen LogP contribution in [0.25, 0.3) is 0 Å². The Kier molecular flexibility index (Phi) is 4.27. The van der Waals surface area contributed by atoms with Gasteiger partial charge in [-0.3, -0.25) is 4.79 Å². The van der Waals surface area contributed by atoms with Gasteiger partial charge in [-0.25, -0.2) is 0 Å². The maximum Gasteiger partial charge on any atom is 0.573 e. The Morgan fingerprint density at radius 2 is 1.95 bits per heavy atom. The Morgan fingerprint density at radius 3 is 2.45 bits per heavy atom. The molecule has 0 saturated carbocycles. The van der Waals surface area contributed by atoms with Gasteiger partial charge in [0, 0.05) is 11.8 Å². The standard InChI is InChI=1S/C13H12BrF3O3/c14-8-12(7-1-2-11(18)20-12)9-3-5-10(6-4-9)19-13(15,16)17/h3-6H,1-2,7-8H2/t12-/m1/s1. The number of alkyl halides is 4. The van der Waals surface area contributed by atoms with Crippen LogP contribution in [0, 0.1) is 0 Å². The maximum absolute atomic E-state index is 12.1. The number of halogens is 4. The molecule has 1 aromatic carbocycles. The number of carbonyl (C=O) groups is 1. The lowest BCUT2D eigenvalue weighted by molar-refractivity contribution is -0.274. The van der Waals surface area contributed by atoms with Crippen molar-refractivity contribution in [3.05, 3.63) is 29.8 Å². The van der Waals surface area contributed by atoms with Crippen LogP contribution in [0.15, 0.2) is 24.3 Å². The first-order valence-electron chi connectivity index (χ1n) is 5.99. The van der Waals surface area contributed by atoms with E-state index in [4.69, 9.17) is 4.74 Å². The van der Waals surface area contributed by atoms with Crippen molar-refractivity contribution in [2.45, 2.75) is 31.2 Å². The van der Waals surface area contributed by atoms with Gasteiger partial charge >= 0.3 is 12.3 Å². The van der Waals surface area contributed by atoms with Gasteiger partial charge in [-0.2, -0.15) is 0 Å². The van der Waals surface area contributed by atoms with E-state index in [1.165, 1.54) is 24.3 Å². The average Bonchev–Trinajstić information content (AvgIpc) is 2.37. The van der Waals surface area contributed by atoms with Gasteiger partial charge in [0.05, 0.1) is 0 Å². The average molecular weight is 353 g/mol. The van der Waals surface area contributed by atoms with E-state index in [0.717, 1.165) is 0 Å². The molecule has 0 radical (unpaired) electrons. The van der Waals surface area contributed by atoms with Crippen LogP contribution < -0.4 is 4.74 Å². The molecule has 0 N–H and O–H groups in total. The second kappa shape index (κ2) is 5.63.